The van der Waals surface area contributed by atoms with Crippen molar-refractivity contribution >= 4 is 0 Å². The first-order valence-electron chi connectivity index (χ1n) is 4.97. The predicted octanol–water partition coefficient (Wildman–Crippen LogP) is 4.44. The van der Waals surface area contributed by atoms with Gasteiger partial charge in [-0.2, -0.15) is 13.2 Å². The van der Waals surface area contributed by atoms with E-state index in [4.69, 9.17) is 4.74 Å². The molecule has 1 radical (unpaired) electrons. The molecule has 18 heavy (non-hydrogen) atoms. The van der Waals surface area contributed by atoms with Crippen molar-refractivity contribution in [2.75, 3.05) is 0 Å². The number of hydrogen-bond acceptors (Lipinski definition) is 1. The second kappa shape index (κ2) is 4.68. The lowest BCUT2D eigenvalue weighted by Gasteiger charge is -2.10. The second-order valence-electron chi connectivity index (χ2n) is 3.48. The smallest absolute Gasteiger partial charge is 0.419 e. The van der Waals surface area contributed by atoms with Gasteiger partial charge in [-0.15, -0.1) is 0 Å². The van der Waals surface area contributed by atoms with Crippen LogP contribution in [0.3, 0.4) is 0 Å². The highest BCUT2D eigenvalue weighted by atomic mass is 19.4. The maximum atomic E-state index is 13.0. The molecule has 93 valence electrons. The Morgan fingerprint density at radius 1 is 0.944 bits per heavy atom. The van der Waals surface area contributed by atoms with Crippen LogP contribution in [0.15, 0.2) is 42.5 Å². The summed E-state index contributed by atoms with van der Waals surface area (Å²) in [6.45, 7) is 0. The van der Waals surface area contributed by atoms with Gasteiger partial charge in [-0.05, 0) is 36.4 Å². The van der Waals surface area contributed by atoms with Crippen LogP contribution in [0.25, 0.3) is 0 Å². The Bertz CT molecular complexity index is 534. The Morgan fingerprint density at radius 3 is 2.22 bits per heavy atom. The van der Waals surface area contributed by atoms with E-state index in [9.17, 15) is 17.6 Å². The third-order valence-corrected chi connectivity index (χ3v) is 2.17. The molecule has 0 N–H and O–H groups in total. The summed E-state index contributed by atoms with van der Waals surface area (Å²) in [6.07, 6.45) is -4.74. The standard InChI is InChI=1S/C13H7F4O/c14-12-7-6-10(8-11(12)13(15,16)17)18-9-4-2-1-3-5-9/h2-8H. The summed E-state index contributed by atoms with van der Waals surface area (Å²) in [5, 5.41) is 0. The summed E-state index contributed by atoms with van der Waals surface area (Å²) < 4.78 is 55.6. The predicted molar refractivity (Wildman–Crippen MR) is 56.8 cm³/mol. The summed E-state index contributed by atoms with van der Waals surface area (Å²) in [5.74, 6) is -1.04. The lowest BCUT2D eigenvalue weighted by atomic mass is 10.2. The van der Waals surface area contributed by atoms with Gasteiger partial charge in [-0.3, -0.25) is 0 Å². The van der Waals surface area contributed by atoms with Gasteiger partial charge in [0.05, 0.1) is 5.56 Å². The van der Waals surface area contributed by atoms with Crippen molar-refractivity contribution in [3.8, 4) is 11.5 Å². The molecule has 5 heteroatoms. The van der Waals surface area contributed by atoms with Crippen LogP contribution in [-0.2, 0) is 6.18 Å². The minimum Gasteiger partial charge on any atom is -0.457 e. The van der Waals surface area contributed by atoms with Crippen LogP contribution < -0.4 is 4.74 Å². The van der Waals surface area contributed by atoms with Crippen molar-refractivity contribution in [2.45, 2.75) is 6.18 Å². The van der Waals surface area contributed by atoms with E-state index in [0.29, 0.717) is 11.8 Å². The zero-order valence-corrected chi connectivity index (χ0v) is 8.96. The average molecular weight is 255 g/mol. The number of alkyl halides is 3. The Morgan fingerprint density at radius 2 is 1.61 bits per heavy atom. The van der Waals surface area contributed by atoms with Gasteiger partial charge in [0.2, 0.25) is 0 Å². The Labute approximate surface area is 101 Å². The molecule has 0 bridgehead atoms. The van der Waals surface area contributed by atoms with Gasteiger partial charge < -0.3 is 4.74 Å². The quantitative estimate of drug-likeness (QED) is 0.721. The third kappa shape index (κ3) is 2.80. The van der Waals surface area contributed by atoms with E-state index in [-0.39, 0.29) is 5.75 Å². The fourth-order valence-electron chi connectivity index (χ4n) is 1.36. The summed E-state index contributed by atoms with van der Waals surface area (Å²) >= 11 is 0. The maximum absolute atomic E-state index is 13.0. The molecule has 0 saturated carbocycles. The number of rotatable bonds is 2. The van der Waals surface area contributed by atoms with Gasteiger partial charge in [0.25, 0.3) is 0 Å². The summed E-state index contributed by atoms with van der Waals surface area (Å²) in [5.41, 5.74) is -1.34. The van der Waals surface area contributed by atoms with E-state index in [1.807, 2.05) is 0 Å². The molecule has 0 amide bonds. The van der Waals surface area contributed by atoms with Crippen molar-refractivity contribution in [3.63, 3.8) is 0 Å². The Hall–Kier alpha value is -2.04. The topological polar surface area (TPSA) is 9.23 Å². The van der Waals surface area contributed by atoms with E-state index in [0.717, 1.165) is 12.1 Å². The van der Waals surface area contributed by atoms with Crippen molar-refractivity contribution in [3.05, 3.63) is 59.9 Å². The molecule has 0 aliphatic heterocycles. The number of hydrogen-bond donors (Lipinski definition) is 0. The van der Waals surface area contributed by atoms with Crippen molar-refractivity contribution in [1.82, 2.24) is 0 Å². The molecule has 2 aromatic rings. The van der Waals surface area contributed by atoms with E-state index >= 15 is 0 Å². The van der Waals surface area contributed by atoms with Crippen molar-refractivity contribution < 1.29 is 22.3 Å². The monoisotopic (exact) mass is 255 g/mol. The molecule has 2 aromatic carbocycles. The van der Waals surface area contributed by atoms with E-state index in [1.54, 1.807) is 12.1 Å². The zero-order chi connectivity index (χ0) is 13.2. The number of benzene rings is 2. The summed E-state index contributed by atoms with van der Waals surface area (Å²) in [6, 6.07) is 11.4. The average Bonchev–Trinajstić information content (AvgIpc) is 2.31. The highest BCUT2D eigenvalue weighted by molar-refractivity contribution is 5.35. The lowest BCUT2D eigenvalue weighted by molar-refractivity contribution is -0.140. The molecule has 2 rings (SSSR count). The van der Waals surface area contributed by atoms with E-state index < -0.39 is 17.6 Å². The first-order valence-corrected chi connectivity index (χ1v) is 4.97. The van der Waals surface area contributed by atoms with Crippen LogP contribution in [-0.4, -0.2) is 0 Å². The molecule has 0 aromatic heterocycles. The van der Waals surface area contributed by atoms with Crippen molar-refractivity contribution in [2.24, 2.45) is 0 Å². The molecule has 1 nitrogen and oxygen atoms in total. The molecule has 0 heterocycles. The molecule has 0 fully saturated rings. The molecule has 0 saturated heterocycles. The van der Waals surface area contributed by atoms with Crippen molar-refractivity contribution in [1.29, 1.82) is 0 Å². The zero-order valence-electron chi connectivity index (χ0n) is 8.96. The lowest BCUT2D eigenvalue weighted by Crippen LogP contribution is -2.08. The van der Waals surface area contributed by atoms with E-state index in [1.165, 1.54) is 12.1 Å². The summed E-state index contributed by atoms with van der Waals surface area (Å²) in [4.78, 5) is 0. The van der Waals surface area contributed by atoms with Crippen LogP contribution >= 0.6 is 0 Å². The van der Waals surface area contributed by atoms with Crippen LogP contribution in [0.2, 0.25) is 0 Å². The molecule has 0 atom stereocenters. The summed E-state index contributed by atoms with van der Waals surface area (Å²) in [7, 11) is 0. The molecule has 0 aliphatic carbocycles. The van der Waals surface area contributed by atoms with Crippen LogP contribution in [0.4, 0.5) is 17.6 Å². The molecule has 0 unspecified atom stereocenters. The molecular formula is C13H7F4O. The largest absolute Gasteiger partial charge is 0.457 e. The number of ether oxygens (including phenoxy) is 1. The molecular weight excluding hydrogens is 248 g/mol. The molecule has 0 spiro atoms. The molecule has 0 aliphatic rings. The Balaban J connectivity index is 2.31. The third-order valence-electron chi connectivity index (χ3n) is 2.17. The second-order valence-corrected chi connectivity index (χ2v) is 3.48. The van der Waals surface area contributed by atoms with E-state index in [2.05, 4.69) is 6.07 Å². The van der Waals surface area contributed by atoms with Crippen LogP contribution in [0, 0.1) is 11.9 Å². The SMILES string of the molecule is Fc1ccc(Oc2cc[c]cc2)cc1C(F)(F)F. The van der Waals surface area contributed by atoms with Crippen LogP contribution in [0.5, 0.6) is 11.5 Å². The van der Waals surface area contributed by atoms with Gasteiger partial charge in [-0.25, -0.2) is 4.39 Å². The van der Waals surface area contributed by atoms with Gasteiger partial charge >= 0.3 is 6.18 Å². The fraction of sp³-hybridized carbons (Fsp3) is 0.0769. The number of halogens is 4. The fourth-order valence-corrected chi connectivity index (χ4v) is 1.36. The maximum Gasteiger partial charge on any atom is 0.419 e. The highest BCUT2D eigenvalue weighted by Crippen LogP contribution is 2.34. The minimum atomic E-state index is -4.74. The minimum absolute atomic E-state index is 0.0741. The van der Waals surface area contributed by atoms with Gasteiger partial charge in [0, 0.05) is 0 Å². The van der Waals surface area contributed by atoms with Crippen LogP contribution in [0.1, 0.15) is 5.56 Å². The van der Waals surface area contributed by atoms with Gasteiger partial charge in [0.15, 0.2) is 0 Å². The first kappa shape index (κ1) is 12.4. The normalized spacial score (nSPS) is 11.3. The van der Waals surface area contributed by atoms with Gasteiger partial charge in [0.1, 0.15) is 17.3 Å². The highest BCUT2D eigenvalue weighted by Gasteiger charge is 2.34. The van der Waals surface area contributed by atoms with Gasteiger partial charge in [-0.1, -0.05) is 12.1 Å². The Kier molecular flexibility index (Phi) is 3.23. The first-order chi connectivity index (χ1) is 8.47.